The minimum atomic E-state index is -0.241. The molecule has 5 aromatic rings. The van der Waals surface area contributed by atoms with Gasteiger partial charge in [0, 0.05) is 48.1 Å². The number of hydrogen-bond donors (Lipinski definition) is 0. The molecule has 0 saturated heterocycles. The van der Waals surface area contributed by atoms with Crippen LogP contribution in [0.3, 0.4) is 0 Å². The van der Waals surface area contributed by atoms with E-state index in [0.29, 0.717) is 0 Å². The SMILES string of the molecule is Cc1cc(C)c2c(c1)N1OC=C(C3(C)[C@H](c4ccccc4-c4nccn4C)C3(C)C)N1c1nc(-c3c(C)cccc3C)cn1-2. The van der Waals surface area contributed by atoms with E-state index in [4.69, 9.17) is 14.8 Å². The van der Waals surface area contributed by atoms with Crippen LogP contribution in [0.5, 0.6) is 0 Å². The molecule has 0 N–H and O–H groups in total. The molecule has 1 aliphatic carbocycles. The molecule has 1 unspecified atom stereocenters. The van der Waals surface area contributed by atoms with Crippen LogP contribution in [0.2, 0.25) is 0 Å². The number of rotatable bonds is 4. The highest BCUT2D eigenvalue weighted by Crippen LogP contribution is 2.78. The Morgan fingerprint density at radius 1 is 0.886 bits per heavy atom. The Labute approximate surface area is 259 Å². The highest BCUT2D eigenvalue weighted by atomic mass is 16.7. The molecule has 4 heterocycles. The van der Waals surface area contributed by atoms with Crippen LogP contribution in [0, 0.1) is 38.5 Å². The number of hydrogen-bond acceptors (Lipinski definition) is 5. The Kier molecular flexibility index (Phi) is 5.41. The van der Waals surface area contributed by atoms with Crippen molar-refractivity contribution in [3.05, 3.63) is 113 Å². The minimum Gasteiger partial charge on any atom is -0.365 e. The van der Waals surface area contributed by atoms with Gasteiger partial charge in [0.25, 0.3) is 0 Å². The van der Waals surface area contributed by atoms with Gasteiger partial charge in [0.2, 0.25) is 5.95 Å². The normalized spacial score (nSPS) is 21.0. The predicted octanol–water partition coefficient (Wildman–Crippen LogP) is 8.33. The predicted molar refractivity (Wildman–Crippen MR) is 175 cm³/mol. The average molecular weight is 583 g/mol. The van der Waals surface area contributed by atoms with Crippen molar-refractivity contribution in [3.63, 3.8) is 0 Å². The fraction of sp³-hybridized carbons (Fsp3) is 0.297. The van der Waals surface area contributed by atoms with Crippen molar-refractivity contribution in [2.24, 2.45) is 17.9 Å². The van der Waals surface area contributed by atoms with E-state index in [0.717, 1.165) is 34.5 Å². The molecule has 3 aromatic carbocycles. The molecule has 0 amide bonds. The Morgan fingerprint density at radius 2 is 1.64 bits per heavy atom. The topological polar surface area (TPSA) is 51.4 Å². The smallest absolute Gasteiger partial charge is 0.237 e. The van der Waals surface area contributed by atoms with Gasteiger partial charge in [-0.05, 0) is 67.0 Å². The van der Waals surface area contributed by atoms with Crippen molar-refractivity contribution < 1.29 is 4.84 Å². The van der Waals surface area contributed by atoms with Crippen LogP contribution < -0.4 is 10.2 Å². The van der Waals surface area contributed by atoms with Crippen molar-refractivity contribution in [1.82, 2.24) is 19.1 Å². The first-order chi connectivity index (χ1) is 21.0. The van der Waals surface area contributed by atoms with Gasteiger partial charge in [-0.2, -0.15) is 5.01 Å². The van der Waals surface area contributed by atoms with Crippen molar-refractivity contribution in [3.8, 4) is 28.3 Å². The van der Waals surface area contributed by atoms with E-state index in [9.17, 15) is 0 Å². The van der Waals surface area contributed by atoms with Crippen LogP contribution in [0.4, 0.5) is 11.6 Å². The van der Waals surface area contributed by atoms with Gasteiger partial charge >= 0.3 is 0 Å². The van der Waals surface area contributed by atoms with Crippen molar-refractivity contribution in [2.45, 2.75) is 54.4 Å². The van der Waals surface area contributed by atoms with Gasteiger partial charge in [-0.1, -0.05) is 69.3 Å². The second-order valence-electron chi connectivity index (χ2n) is 13.5. The lowest BCUT2D eigenvalue weighted by Gasteiger charge is -2.38. The van der Waals surface area contributed by atoms with Gasteiger partial charge in [-0.3, -0.25) is 4.57 Å². The van der Waals surface area contributed by atoms with Gasteiger partial charge in [0.1, 0.15) is 17.8 Å². The maximum atomic E-state index is 6.52. The van der Waals surface area contributed by atoms with E-state index >= 15 is 0 Å². The molecule has 1 fully saturated rings. The van der Waals surface area contributed by atoms with E-state index < -0.39 is 0 Å². The van der Waals surface area contributed by atoms with Crippen molar-refractivity contribution >= 4 is 11.6 Å². The molecule has 2 aromatic heterocycles. The highest BCUT2D eigenvalue weighted by molar-refractivity contribution is 5.80. The molecule has 2 atom stereocenters. The molecule has 222 valence electrons. The third-order valence-electron chi connectivity index (χ3n) is 10.6. The fourth-order valence-electron chi connectivity index (χ4n) is 8.15. The second-order valence-corrected chi connectivity index (χ2v) is 13.5. The molecule has 2 aliphatic heterocycles. The third-order valence-corrected chi connectivity index (χ3v) is 10.6. The zero-order valence-electron chi connectivity index (χ0n) is 26.7. The largest absolute Gasteiger partial charge is 0.365 e. The van der Waals surface area contributed by atoms with Gasteiger partial charge in [-0.25, -0.2) is 9.97 Å². The quantitative estimate of drug-likeness (QED) is 0.213. The molecule has 8 rings (SSSR count). The van der Waals surface area contributed by atoms with Crippen LogP contribution in [0.15, 0.2) is 85.1 Å². The molecule has 44 heavy (non-hydrogen) atoms. The summed E-state index contributed by atoms with van der Waals surface area (Å²) >= 11 is 0. The van der Waals surface area contributed by atoms with Gasteiger partial charge in [0.15, 0.2) is 0 Å². The zero-order valence-corrected chi connectivity index (χ0v) is 26.7. The second kappa shape index (κ2) is 8.88. The number of hydrazine groups is 1. The average Bonchev–Trinajstić information content (AvgIpc) is 3.55. The monoisotopic (exact) mass is 582 g/mol. The summed E-state index contributed by atoms with van der Waals surface area (Å²) < 4.78 is 4.36. The molecular weight excluding hydrogens is 544 g/mol. The van der Waals surface area contributed by atoms with E-state index in [2.05, 4.69) is 130 Å². The van der Waals surface area contributed by atoms with Gasteiger partial charge < -0.3 is 9.40 Å². The van der Waals surface area contributed by atoms with E-state index in [1.807, 2.05) is 23.8 Å². The number of anilines is 2. The molecule has 1 saturated carbocycles. The van der Waals surface area contributed by atoms with Crippen LogP contribution in [-0.2, 0) is 11.9 Å². The third kappa shape index (κ3) is 3.38. The van der Waals surface area contributed by atoms with Crippen LogP contribution in [0.25, 0.3) is 28.3 Å². The van der Waals surface area contributed by atoms with Crippen molar-refractivity contribution in [2.75, 3.05) is 10.2 Å². The zero-order chi connectivity index (χ0) is 30.7. The number of imidazole rings is 2. The van der Waals surface area contributed by atoms with Gasteiger partial charge in [-0.15, -0.1) is 5.17 Å². The standard InChI is InChI=1S/C37H38N6O/c1-22-18-25(4)32-29(19-22)43-42(35-39-28(20-41(32)35)31-23(2)12-11-13-24(31)3)30(21-44-43)37(7)33(36(37,5)6)26-14-9-10-15-27(26)34-38-16-17-40(34)8/h9-21,33H,1-8H3/t33-,37?/m1/s1. The summed E-state index contributed by atoms with van der Waals surface area (Å²) in [4.78, 5) is 16.6. The van der Waals surface area contributed by atoms with E-state index in [-0.39, 0.29) is 16.7 Å². The van der Waals surface area contributed by atoms with E-state index in [1.165, 1.54) is 38.9 Å². The Bertz CT molecular complexity index is 2010. The maximum Gasteiger partial charge on any atom is 0.237 e. The lowest BCUT2D eigenvalue weighted by Crippen LogP contribution is -2.44. The molecule has 3 aliphatic rings. The maximum absolute atomic E-state index is 6.52. The van der Waals surface area contributed by atoms with Crippen LogP contribution in [-0.4, -0.2) is 19.1 Å². The summed E-state index contributed by atoms with van der Waals surface area (Å²) in [5.74, 6) is 2.06. The first kappa shape index (κ1) is 26.8. The molecular formula is C37H38N6O. The first-order valence-corrected chi connectivity index (χ1v) is 15.4. The molecule has 0 radical (unpaired) electrons. The summed E-state index contributed by atoms with van der Waals surface area (Å²) in [6, 6.07) is 19.6. The summed E-state index contributed by atoms with van der Waals surface area (Å²) in [6.07, 6.45) is 8.04. The van der Waals surface area contributed by atoms with Crippen LogP contribution >= 0.6 is 0 Å². The van der Waals surface area contributed by atoms with Gasteiger partial charge in [0.05, 0.1) is 17.1 Å². The minimum absolute atomic E-state index is 0.0604. The van der Waals surface area contributed by atoms with E-state index in [1.54, 1.807) is 0 Å². The first-order valence-electron chi connectivity index (χ1n) is 15.4. The summed E-state index contributed by atoms with van der Waals surface area (Å²) in [7, 11) is 2.06. The van der Waals surface area contributed by atoms with Crippen molar-refractivity contribution in [1.29, 1.82) is 0 Å². The molecule has 0 bridgehead atoms. The summed E-state index contributed by atoms with van der Waals surface area (Å²) in [5.41, 5.74) is 12.3. The number of aromatic nitrogens is 4. The number of nitrogens with zero attached hydrogens (tertiary/aromatic N) is 6. The fourth-order valence-corrected chi connectivity index (χ4v) is 8.15. The Hall–Kier alpha value is -4.78. The summed E-state index contributed by atoms with van der Waals surface area (Å²) in [5, 5.41) is 4.16. The number of aryl methyl sites for hydroxylation is 5. The Morgan fingerprint density at radius 3 is 2.36 bits per heavy atom. The molecule has 7 nitrogen and oxygen atoms in total. The highest BCUT2D eigenvalue weighted by Gasteiger charge is 2.73. The number of fused-ring (bicyclic) bond motifs is 6. The molecule has 0 spiro atoms. The number of benzene rings is 3. The summed E-state index contributed by atoms with van der Waals surface area (Å²) in [6.45, 7) is 15.8. The lowest BCUT2D eigenvalue weighted by atomic mass is 9.93. The lowest BCUT2D eigenvalue weighted by molar-refractivity contribution is 0.234. The van der Waals surface area contributed by atoms with Crippen LogP contribution in [0.1, 0.15) is 54.5 Å². The Balaban J connectivity index is 1.30. The number of allylic oxidation sites excluding steroid dienone is 1. The molecule has 7 heteroatoms.